The molecule has 12 heteroatoms. The highest BCUT2D eigenvalue weighted by Gasteiger charge is 2.32. The minimum absolute atomic E-state index is 0.0470. The van der Waals surface area contributed by atoms with Gasteiger partial charge in [-0.3, -0.25) is 4.98 Å². The lowest BCUT2D eigenvalue weighted by Gasteiger charge is -2.21. The zero-order valence-electron chi connectivity index (χ0n) is 22.2. The summed E-state index contributed by atoms with van der Waals surface area (Å²) in [6.45, 7) is 3.15. The number of carbonyl (C=O) groups is 1. The lowest BCUT2D eigenvalue weighted by atomic mass is 10.1. The van der Waals surface area contributed by atoms with Gasteiger partial charge in [0.2, 0.25) is 0 Å². The van der Waals surface area contributed by atoms with E-state index in [1.54, 1.807) is 24.4 Å². The van der Waals surface area contributed by atoms with Gasteiger partial charge in [0.25, 0.3) is 0 Å². The molecule has 1 aliphatic heterocycles. The van der Waals surface area contributed by atoms with Gasteiger partial charge in [0.15, 0.2) is 0 Å². The molecule has 1 saturated heterocycles. The van der Waals surface area contributed by atoms with Crippen LogP contribution in [-0.2, 0) is 16.0 Å². The number of carbonyl (C=O) groups excluding carboxylic acids is 1. The number of halogens is 4. The Morgan fingerprint density at radius 3 is 2.78 bits per heavy atom. The van der Waals surface area contributed by atoms with Crippen LogP contribution in [0, 0.1) is 0 Å². The number of hydrogen-bond acceptors (Lipinski definition) is 8. The van der Waals surface area contributed by atoms with Crippen molar-refractivity contribution in [2.45, 2.75) is 31.9 Å². The quantitative estimate of drug-likeness (QED) is 0.139. The molecule has 216 valence electrons. The molecule has 5 rings (SSSR count). The summed E-state index contributed by atoms with van der Waals surface area (Å²) in [5.74, 6) is -0.00526. The van der Waals surface area contributed by atoms with Gasteiger partial charge in [-0.1, -0.05) is 23.7 Å². The fraction of sp³-hybridized carbons (Fsp3) is 0.345. The Kier molecular flexibility index (Phi) is 8.77. The molecule has 1 fully saturated rings. The Labute approximate surface area is 239 Å². The van der Waals surface area contributed by atoms with Crippen molar-refractivity contribution in [3.63, 3.8) is 0 Å². The van der Waals surface area contributed by atoms with Gasteiger partial charge in [-0.15, -0.1) is 13.2 Å². The summed E-state index contributed by atoms with van der Waals surface area (Å²) >= 11 is 5.91. The first-order valence-corrected chi connectivity index (χ1v) is 13.5. The lowest BCUT2D eigenvalue weighted by Crippen LogP contribution is -2.25. The second-order valence-electron chi connectivity index (χ2n) is 9.65. The number of hydrogen-bond donors (Lipinski definition) is 1. The van der Waals surface area contributed by atoms with Crippen LogP contribution in [0.4, 0.5) is 19.0 Å². The van der Waals surface area contributed by atoms with E-state index in [4.69, 9.17) is 26.1 Å². The summed E-state index contributed by atoms with van der Waals surface area (Å²) < 4.78 is 52.1. The predicted octanol–water partition coefficient (Wildman–Crippen LogP) is 5.90. The van der Waals surface area contributed by atoms with Crippen LogP contribution in [0.1, 0.15) is 28.8 Å². The van der Waals surface area contributed by atoms with E-state index in [2.05, 4.69) is 19.9 Å². The maximum absolute atomic E-state index is 12.4. The fourth-order valence-electron chi connectivity index (χ4n) is 4.91. The zero-order valence-corrected chi connectivity index (χ0v) is 23.0. The minimum atomic E-state index is -4.78. The van der Waals surface area contributed by atoms with Crippen LogP contribution >= 0.6 is 11.6 Å². The van der Waals surface area contributed by atoms with Gasteiger partial charge < -0.3 is 24.4 Å². The van der Waals surface area contributed by atoms with Gasteiger partial charge in [-0.05, 0) is 55.3 Å². The van der Waals surface area contributed by atoms with Gasteiger partial charge in [-0.25, -0.2) is 9.78 Å². The molecule has 41 heavy (non-hydrogen) atoms. The van der Waals surface area contributed by atoms with Gasteiger partial charge in [-0.2, -0.15) is 0 Å². The van der Waals surface area contributed by atoms with Crippen LogP contribution < -0.4 is 15.0 Å². The van der Waals surface area contributed by atoms with Gasteiger partial charge in [0.05, 0.1) is 29.3 Å². The Morgan fingerprint density at radius 1 is 1.15 bits per heavy atom. The van der Waals surface area contributed by atoms with Crippen molar-refractivity contribution in [3.05, 3.63) is 71.0 Å². The summed E-state index contributed by atoms with van der Waals surface area (Å²) in [5.41, 5.74) is 1.89. The van der Waals surface area contributed by atoms with Gasteiger partial charge in [0, 0.05) is 54.8 Å². The van der Waals surface area contributed by atoms with E-state index in [1.807, 2.05) is 18.3 Å². The number of ether oxygens (including phenoxy) is 3. The number of fused-ring (bicyclic) bond motifs is 3. The summed E-state index contributed by atoms with van der Waals surface area (Å²) in [4.78, 5) is 23.5. The number of rotatable bonds is 10. The third-order valence-electron chi connectivity index (χ3n) is 6.84. The Balaban J connectivity index is 1.14. The summed E-state index contributed by atoms with van der Waals surface area (Å²) in [5, 5.41) is 6.02. The monoisotopic (exact) mass is 588 g/mol. The van der Waals surface area contributed by atoms with Crippen molar-refractivity contribution in [1.29, 1.82) is 0 Å². The number of aromatic nitrogens is 2. The van der Waals surface area contributed by atoms with E-state index < -0.39 is 18.1 Å². The second-order valence-corrected chi connectivity index (χ2v) is 10.1. The number of anilines is 1. The molecule has 0 aliphatic carbocycles. The molecule has 1 atom stereocenters. The normalized spacial score (nSPS) is 15.5. The van der Waals surface area contributed by atoms with Crippen LogP contribution in [-0.4, -0.2) is 61.8 Å². The van der Waals surface area contributed by atoms with E-state index >= 15 is 0 Å². The molecule has 1 aliphatic rings. The maximum Gasteiger partial charge on any atom is 0.573 e. The third-order valence-corrected chi connectivity index (χ3v) is 7.14. The third kappa shape index (κ3) is 6.98. The molecular formula is C29H28ClF3N4O4. The number of esters is 1. The van der Waals surface area contributed by atoms with E-state index in [-0.39, 0.29) is 11.1 Å². The molecule has 0 amide bonds. The van der Waals surface area contributed by atoms with Crippen LogP contribution in [0.3, 0.4) is 0 Å². The van der Waals surface area contributed by atoms with Gasteiger partial charge >= 0.3 is 12.3 Å². The molecule has 0 spiro atoms. The largest absolute Gasteiger partial charge is 0.573 e. The highest BCUT2D eigenvalue weighted by molar-refractivity contribution is 6.32. The highest BCUT2D eigenvalue weighted by atomic mass is 35.5. The van der Waals surface area contributed by atoms with Crippen molar-refractivity contribution in [2.24, 2.45) is 0 Å². The summed E-state index contributed by atoms with van der Waals surface area (Å²) in [6, 6.07) is 11.5. The molecule has 0 unspecified atom stereocenters. The second kappa shape index (κ2) is 12.5. The first-order valence-electron chi connectivity index (χ1n) is 13.1. The topological polar surface area (TPSA) is 85.8 Å². The fourth-order valence-corrected chi connectivity index (χ4v) is 5.16. The first-order chi connectivity index (χ1) is 19.7. The number of methoxy groups -OCH3 is 1. The van der Waals surface area contributed by atoms with Crippen LogP contribution in [0.5, 0.6) is 5.75 Å². The molecule has 0 radical (unpaired) electrons. The molecule has 2 aromatic carbocycles. The number of nitrogens with one attached hydrogen (secondary N) is 1. The van der Waals surface area contributed by atoms with E-state index in [1.165, 1.54) is 19.2 Å². The van der Waals surface area contributed by atoms with E-state index in [9.17, 15) is 18.0 Å². The highest BCUT2D eigenvalue weighted by Crippen LogP contribution is 2.34. The van der Waals surface area contributed by atoms with Crippen molar-refractivity contribution >= 4 is 45.1 Å². The zero-order chi connectivity index (χ0) is 29.0. The summed E-state index contributed by atoms with van der Waals surface area (Å²) in [7, 11) is 1.35. The van der Waals surface area contributed by atoms with Crippen molar-refractivity contribution in [3.8, 4) is 5.75 Å². The molecule has 0 saturated carbocycles. The van der Waals surface area contributed by atoms with Gasteiger partial charge in [0.1, 0.15) is 11.6 Å². The molecule has 2 aromatic heterocycles. The number of alkyl halides is 3. The Morgan fingerprint density at radius 2 is 2.00 bits per heavy atom. The molecule has 3 heterocycles. The standard InChI is InChI=1S/C29H28ClF3N4O4/c1-39-28(38)19-4-5-21-23-16-35-10-7-22(23)27(36-25(21)14-19)37-11-8-20(17-37)40-12-2-9-34-15-18-3-6-26(24(30)13-18)41-29(31,32)33/h3-7,10,13-14,16,20,34H,2,8-9,11-12,15,17H2,1H3/t20-/m0/s1. The van der Waals surface area contributed by atoms with Crippen LogP contribution in [0.15, 0.2) is 54.9 Å². The molecule has 1 N–H and O–H groups in total. The predicted molar refractivity (Wildman–Crippen MR) is 149 cm³/mol. The van der Waals surface area contributed by atoms with Crippen molar-refractivity contribution < 1.29 is 32.2 Å². The first kappa shape index (κ1) is 28.8. The number of pyridine rings is 2. The molecular weight excluding hydrogens is 561 g/mol. The maximum atomic E-state index is 12.4. The average molecular weight is 589 g/mol. The molecule has 0 bridgehead atoms. The number of benzene rings is 2. The smallest absolute Gasteiger partial charge is 0.465 e. The SMILES string of the molecule is COC(=O)c1ccc2c(c1)nc(N1CC[C@H](OCCCNCc3ccc(OC(F)(F)F)c(Cl)c3)C1)c1ccncc12. The average Bonchev–Trinajstić information content (AvgIpc) is 3.43. The van der Waals surface area contributed by atoms with E-state index in [0.29, 0.717) is 37.3 Å². The molecule has 8 nitrogen and oxygen atoms in total. The minimum Gasteiger partial charge on any atom is -0.465 e. The Hall–Kier alpha value is -3.67. The lowest BCUT2D eigenvalue weighted by molar-refractivity contribution is -0.274. The van der Waals surface area contributed by atoms with Crippen LogP contribution in [0.2, 0.25) is 5.02 Å². The van der Waals surface area contributed by atoms with Crippen LogP contribution in [0.25, 0.3) is 21.7 Å². The Bertz CT molecular complexity index is 1550. The van der Waals surface area contributed by atoms with Crippen molar-refractivity contribution in [1.82, 2.24) is 15.3 Å². The number of nitrogens with zero attached hydrogens (tertiary/aromatic N) is 3. The van der Waals surface area contributed by atoms with E-state index in [0.717, 1.165) is 46.9 Å². The van der Waals surface area contributed by atoms with Crippen molar-refractivity contribution in [2.75, 3.05) is 38.3 Å². The summed E-state index contributed by atoms with van der Waals surface area (Å²) in [6.07, 6.45) is 0.442. The molecule has 4 aromatic rings.